The Labute approximate surface area is 164 Å². The Bertz CT molecular complexity index is 942. The summed E-state index contributed by atoms with van der Waals surface area (Å²) in [6.45, 7) is 0.318. The molecule has 7 nitrogen and oxygen atoms in total. The number of aromatic nitrogens is 2. The van der Waals surface area contributed by atoms with Gasteiger partial charge in [0, 0.05) is 28.2 Å². The molecule has 0 fully saturated rings. The topological polar surface area (TPSA) is 86.5 Å². The zero-order chi connectivity index (χ0) is 19.2. The van der Waals surface area contributed by atoms with Crippen LogP contribution in [-0.4, -0.2) is 30.3 Å². The highest BCUT2D eigenvalue weighted by Gasteiger charge is 2.13. The normalized spacial score (nSPS) is 10.5. The minimum absolute atomic E-state index is 0.000522. The number of hydrogen-bond donors (Lipinski definition) is 1. The van der Waals surface area contributed by atoms with E-state index in [1.165, 1.54) is 0 Å². The molecule has 0 atom stereocenters. The second-order valence-electron chi connectivity index (χ2n) is 5.64. The first-order valence-corrected chi connectivity index (χ1v) is 8.94. The Morgan fingerprint density at radius 3 is 2.74 bits per heavy atom. The number of nitrogens with zero attached hydrogens (tertiary/aromatic N) is 2. The molecule has 27 heavy (non-hydrogen) atoms. The lowest BCUT2D eigenvalue weighted by atomic mass is 10.2. The average Bonchev–Trinajstić information content (AvgIpc) is 3.14. The van der Waals surface area contributed by atoms with Crippen LogP contribution in [0.4, 0.5) is 0 Å². The summed E-state index contributed by atoms with van der Waals surface area (Å²) in [5, 5.41) is 10.8. The molecular formula is C19H18BrN3O4. The van der Waals surface area contributed by atoms with Crippen LogP contribution in [-0.2, 0) is 17.8 Å². The first kappa shape index (κ1) is 18.9. The number of methoxy groups -OCH3 is 2. The van der Waals surface area contributed by atoms with Crippen molar-refractivity contribution in [2.24, 2.45) is 0 Å². The Morgan fingerprint density at radius 1 is 1.15 bits per heavy atom. The van der Waals surface area contributed by atoms with Crippen molar-refractivity contribution in [1.82, 2.24) is 15.5 Å². The predicted molar refractivity (Wildman–Crippen MR) is 103 cm³/mol. The summed E-state index contributed by atoms with van der Waals surface area (Å²) in [6, 6.07) is 12.9. The number of halogens is 1. The van der Waals surface area contributed by atoms with Gasteiger partial charge in [0.05, 0.1) is 14.2 Å². The number of amides is 1. The summed E-state index contributed by atoms with van der Waals surface area (Å²) in [6.07, 6.45) is -0.000522. The third kappa shape index (κ3) is 4.85. The molecule has 0 bridgehead atoms. The monoisotopic (exact) mass is 431 g/mol. The second kappa shape index (κ2) is 8.68. The summed E-state index contributed by atoms with van der Waals surface area (Å²) >= 11 is 3.40. The number of benzene rings is 2. The SMILES string of the molecule is COc1ccc(CNC(=O)Cc2nnc(-c3cccc(Br)c3)o2)c(OC)c1. The van der Waals surface area contributed by atoms with Gasteiger partial charge in [0.2, 0.25) is 17.7 Å². The number of carbonyl (C=O) groups excluding carboxylic acids is 1. The number of rotatable bonds is 7. The Hall–Kier alpha value is -2.87. The number of nitrogens with one attached hydrogen (secondary N) is 1. The summed E-state index contributed by atoms with van der Waals surface area (Å²) in [7, 11) is 3.16. The molecule has 0 unspecified atom stereocenters. The highest BCUT2D eigenvalue weighted by molar-refractivity contribution is 9.10. The smallest absolute Gasteiger partial charge is 0.247 e. The molecule has 0 saturated carbocycles. The van der Waals surface area contributed by atoms with Gasteiger partial charge in [0.25, 0.3) is 0 Å². The van der Waals surface area contributed by atoms with E-state index in [9.17, 15) is 4.79 Å². The van der Waals surface area contributed by atoms with Crippen molar-refractivity contribution in [1.29, 1.82) is 0 Å². The lowest BCUT2D eigenvalue weighted by Gasteiger charge is -2.11. The quantitative estimate of drug-likeness (QED) is 0.616. The first-order chi connectivity index (χ1) is 13.1. The van der Waals surface area contributed by atoms with E-state index in [0.717, 1.165) is 15.6 Å². The largest absolute Gasteiger partial charge is 0.497 e. The van der Waals surface area contributed by atoms with Gasteiger partial charge in [0.15, 0.2) is 0 Å². The Kier molecular flexibility index (Phi) is 6.08. The van der Waals surface area contributed by atoms with Crippen LogP contribution in [0, 0.1) is 0 Å². The van der Waals surface area contributed by atoms with Crippen molar-refractivity contribution in [2.45, 2.75) is 13.0 Å². The van der Waals surface area contributed by atoms with Crippen LogP contribution in [0.1, 0.15) is 11.5 Å². The van der Waals surface area contributed by atoms with E-state index in [1.54, 1.807) is 20.3 Å². The van der Waals surface area contributed by atoms with Gasteiger partial charge in [-0.25, -0.2) is 0 Å². The van der Waals surface area contributed by atoms with E-state index in [2.05, 4.69) is 31.4 Å². The fraction of sp³-hybridized carbons (Fsp3) is 0.211. The predicted octanol–water partition coefficient (Wildman–Crippen LogP) is 3.38. The van der Waals surface area contributed by atoms with Gasteiger partial charge < -0.3 is 19.2 Å². The minimum Gasteiger partial charge on any atom is -0.497 e. The van der Waals surface area contributed by atoms with E-state index in [4.69, 9.17) is 13.9 Å². The van der Waals surface area contributed by atoms with Gasteiger partial charge in [-0.15, -0.1) is 10.2 Å². The maximum atomic E-state index is 12.2. The summed E-state index contributed by atoms with van der Waals surface area (Å²) in [5.41, 5.74) is 1.62. The average molecular weight is 432 g/mol. The van der Waals surface area contributed by atoms with Crippen molar-refractivity contribution in [3.8, 4) is 23.0 Å². The molecule has 3 rings (SSSR count). The molecule has 1 N–H and O–H groups in total. The van der Waals surface area contributed by atoms with E-state index in [-0.39, 0.29) is 18.2 Å². The summed E-state index contributed by atoms with van der Waals surface area (Å²) < 4.78 is 17.0. The molecule has 0 spiro atoms. The van der Waals surface area contributed by atoms with Crippen molar-refractivity contribution >= 4 is 21.8 Å². The van der Waals surface area contributed by atoms with Gasteiger partial charge in [-0.05, 0) is 30.3 Å². The fourth-order valence-electron chi connectivity index (χ4n) is 2.45. The number of hydrogen-bond acceptors (Lipinski definition) is 6. The third-order valence-corrected chi connectivity index (χ3v) is 4.31. The van der Waals surface area contributed by atoms with Crippen molar-refractivity contribution in [3.63, 3.8) is 0 Å². The minimum atomic E-state index is -0.225. The molecule has 0 radical (unpaired) electrons. The van der Waals surface area contributed by atoms with E-state index < -0.39 is 0 Å². The molecule has 0 aliphatic carbocycles. The highest BCUT2D eigenvalue weighted by Crippen LogP contribution is 2.24. The van der Waals surface area contributed by atoms with Crippen LogP contribution in [0.5, 0.6) is 11.5 Å². The fourth-order valence-corrected chi connectivity index (χ4v) is 2.85. The molecule has 1 amide bonds. The zero-order valence-electron chi connectivity index (χ0n) is 14.9. The molecule has 140 valence electrons. The molecule has 1 heterocycles. The Morgan fingerprint density at radius 2 is 2.00 bits per heavy atom. The molecule has 1 aromatic heterocycles. The maximum absolute atomic E-state index is 12.2. The van der Waals surface area contributed by atoms with Gasteiger partial charge in [0.1, 0.15) is 17.9 Å². The summed E-state index contributed by atoms with van der Waals surface area (Å²) in [4.78, 5) is 12.2. The molecule has 0 aliphatic rings. The van der Waals surface area contributed by atoms with Crippen molar-refractivity contribution in [2.75, 3.05) is 14.2 Å². The second-order valence-corrected chi connectivity index (χ2v) is 6.56. The van der Waals surface area contributed by atoms with Crippen LogP contribution >= 0.6 is 15.9 Å². The zero-order valence-corrected chi connectivity index (χ0v) is 16.4. The van der Waals surface area contributed by atoms with Crippen LogP contribution in [0.25, 0.3) is 11.5 Å². The maximum Gasteiger partial charge on any atom is 0.247 e. The van der Waals surface area contributed by atoms with E-state index in [0.29, 0.717) is 23.9 Å². The van der Waals surface area contributed by atoms with Gasteiger partial charge in [-0.1, -0.05) is 22.0 Å². The standard InChI is InChI=1S/C19H18BrN3O4/c1-25-15-7-6-13(16(9-15)26-2)11-21-17(24)10-18-22-23-19(27-18)12-4-3-5-14(20)8-12/h3-9H,10-11H2,1-2H3,(H,21,24). The van der Waals surface area contributed by atoms with Gasteiger partial charge >= 0.3 is 0 Å². The third-order valence-electron chi connectivity index (χ3n) is 3.82. The van der Waals surface area contributed by atoms with Crippen LogP contribution in [0.15, 0.2) is 51.4 Å². The molecule has 0 saturated heterocycles. The molecule has 2 aromatic carbocycles. The van der Waals surface area contributed by atoms with Gasteiger partial charge in [-0.3, -0.25) is 4.79 Å². The highest BCUT2D eigenvalue weighted by atomic mass is 79.9. The number of carbonyl (C=O) groups is 1. The molecule has 8 heteroatoms. The van der Waals surface area contributed by atoms with Crippen molar-refractivity contribution in [3.05, 3.63) is 58.4 Å². The Balaban J connectivity index is 1.60. The lowest BCUT2D eigenvalue weighted by molar-refractivity contribution is -0.120. The lowest BCUT2D eigenvalue weighted by Crippen LogP contribution is -2.24. The van der Waals surface area contributed by atoms with Gasteiger partial charge in [-0.2, -0.15) is 0 Å². The van der Waals surface area contributed by atoms with Crippen LogP contribution in [0.2, 0.25) is 0 Å². The van der Waals surface area contributed by atoms with Crippen LogP contribution in [0.3, 0.4) is 0 Å². The molecule has 0 aliphatic heterocycles. The molecule has 3 aromatic rings. The first-order valence-electron chi connectivity index (χ1n) is 8.15. The van der Waals surface area contributed by atoms with E-state index >= 15 is 0 Å². The molecular weight excluding hydrogens is 414 g/mol. The number of ether oxygens (including phenoxy) is 2. The van der Waals surface area contributed by atoms with Crippen LogP contribution < -0.4 is 14.8 Å². The van der Waals surface area contributed by atoms with E-state index in [1.807, 2.05) is 36.4 Å². The van der Waals surface area contributed by atoms with Crippen molar-refractivity contribution < 1.29 is 18.7 Å². The summed E-state index contributed by atoms with van der Waals surface area (Å²) in [5.74, 6) is 1.73.